The third kappa shape index (κ3) is 6.00. The third-order valence-electron chi connectivity index (χ3n) is 18.6. The molecule has 0 aliphatic carbocycles. The zero-order chi connectivity index (χ0) is 53.9. The molecule has 0 N–H and O–H groups in total. The summed E-state index contributed by atoms with van der Waals surface area (Å²) in [5.41, 5.74) is 23.7. The topological polar surface area (TPSA) is 25.7 Å². The van der Waals surface area contributed by atoms with Crippen LogP contribution in [0.1, 0.15) is 52.7 Å². The SMILES string of the molecule is CC(C)(C)c1cc(N2c3cc4c(oc5ccccc54)c4c3B(c3c2cc2c5ccccc5n5c6ccccc6c3c25)n2c3ccc(-c5cccc6ccccc56)cc3c3cc(-c5cccc6ccccc56)cc-4c32)cc(C(C)(C)C)c1. The molecule has 0 fully saturated rings. The van der Waals surface area contributed by atoms with E-state index in [9.17, 15) is 0 Å². The standard InChI is InChI=1S/C76H54BN3O/c1-75(2,3)47-38-48(76(4,5)6)40-49(39-47)78-65-41-59-54-25-11-14-30-62(54)79-63-31-15-12-27-56(63)68(73(59)79)70(65)77-71-66(78)42-60-55-26-13-16-32-67(55)81-74(60)69(71)61-37-46(53-29-18-22-44-20-8-10-24-51(44)53)36-58-57-35-45(33-34-64(57)80(77)72(58)61)52-28-17-21-43-19-7-9-23-50(43)52/h7-42H,1-6H3. The average molecular weight is 1040 g/mol. The number of hydrogen-bond donors (Lipinski definition) is 0. The van der Waals surface area contributed by atoms with Crippen LogP contribution in [-0.4, -0.2) is 15.7 Å². The van der Waals surface area contributed by atoms with Gasteiger partial charge in [0, 0.05) is 82.3 Å². The van der Waals surface area contributed by atoms with Crippen molar-refractivity contribution in [1.29, 1.82) is 0 Å². The highest BCUT2D eigenvalue weighted by Gasteiger charge is 2.47. The molecule has 382 valence electrons. The van der Waals surface area contributed by atoms with Gasteiger partial charge in [0.15, 0.2) is 0 Å². The molecule has 0 radical (unpaired) electrons. The second-order valence-corrected chi connectivity index (χ2v) is 25.2. The lowest BCUT2D eigenvalue weighted by Gasteiger charge is -2.41. The largest absolute Gasteiger partial charge is 0.455 e. The normalized spacial score (nSPS) is 13.5. The number of anilines is 3. The summed E-state index contributed by atoms with van der Waals surface area (Å²) in [7, 11) is 0. The molecular formula is C76H54BN3O. The molecule has 81 heavy (non-hydrogen) atoms. The third-order valence-corrected chi connectivity index (χ3v) is 18.6. The molecule has 0 unspecified atom stereocenters. The maximum absolute atomic E-state index is 7.43. The fourth-order valence-corrected chi connectivity index (χ4v) is 14.9. The lowest BCUT2D eigenvalue weighted by Crippen LogP contribution is -2.57. The first kappa shape index (κ1) is 45.3. The first-order chi connectivity index (χ1) is 39.5. The Labute approximate surface area is 469 Å². The first-order valence-corrected chi connectivity index (χ1v) is 28.7. The number of hydrogen-bond acceptors (Lipinski definition) is 2. The van der Waals surface area contributed by atoms with Crippen molar-refractivity contribution in [3.63, 3.8) is 0 Å². The van der Waals surface area contributed by atoms with Crippen LogP contribution in [0, 0.1) is 0 Å². The second-order valence-electron chi connectivity index (χ2n) is 25.2. The minimum atomic E-state index is -0.261. The number of furan rings is 1. The van der Waals surface area contributed by atoms with E-state index < -0.39 is 0 Å². The lowest BCUT2D eigenvalue weighted by atomic mass is 9.44. The van der Waals surface area contributed by atoms with E-state index in [0.29, 0.717) is 0 Å². The van der Waals surface area contributed by atoms with Gasteiger partial charge >= 0.3 is 6.85 Å². The highest BCUT2D eigenvalue weighted by atomic mass is 16.3. The molecule has 4 nitrogen and oxygen atoms in total. The van der Waals surface area contributed by atoms with E-state index in [1.807, 2.05) is 0 Å². The first-order valence-electron chi connectivity index (χ1n) is 28.7. The van der Waals surface area contributed by atoms with E-state index in [2.05, 4.69) is 274 Å². The maximum Gasteiger partial charge on any atom is 0.333 e. The highest BCUT2D eigenvalue weighted by molar-refractivity contribution is 6.92. The van der Waals surface area contributed by atoms with Gasteiger partial charge in [-0.1, -0.05) is 193 Å². The van der Waals surface area contributed by atoms with E-state index in [1.165, 1.54) is 148 Å². The van der Waals surface area contributed by atoms with E-state index in [1.54, 1.807) is 0 Å². The van der Waals surface area contributed by atoms with Gasteiger partial charge in [-0.25, -0.2) is 0 Å². The van der Waals surface area contributed by atoms with Crippen LogP contribution >= 0.6 is 0 Å². The van der Waals surface area contributed by atoms with Gasteiger partial charge < -0.3 is 18.2 Å². The molecule has 0 atom stereocenters. The molecular weight excluding hydrogens is 982 g/mol. The number of aromatic nitrogens is 2. The Morgan fingerprint density at radius 2 is 0.938 bits per heavy atom. The Hall–Kier alpha value is -9.58. The molecule has 0 bridgehead atoms. The van der Waals surface area contributed by atoms with Crippen molar-refractivity contribution in [3.8, 4) is 33.4 Å². The van der Waals surface area contributed by atoms with Crippen molar-refractivity contribution in [2.75, 3.05) is 4.90 Å². The van der Waals surface area contributed by atoms with Crippen molar-refractivity contribution in [3.05, 3.63) is 230 Å². The zero-order valence-corrected chi connectivity index (χ0v) is 46.1. The summed E-state index contributed by atoms with van der Waals surface area (Å²) in [6.07, 6.45) is 0. The monoisotopic (exact) mass is 1040 g/mol. The molecule has 0 spiro atoms. The molecule has 0 saturated heterocycles. The Bertz CT molecular complexity index is 5420. The number of para-hydroxylation sites is 3. The van der Waals surface area contributed by atoms with Gasteiger partial charge in [0.1, 0.15) is 11.2 Å². The molecule has 18 rings (SSSR count). The predicted molar refractivity (Wildman–Crippen MR) is 345 cm³/mol. The van der Waals surface area contributed by atoms with Crippen molar-refractivity contribution < 1.29 is 4.42 Å². The Morgan fingerprint density at radius 1 is 0.383 bits per heavy atom. The number of benzene rings is 12. The summed E-state index contributed by atoms with van der Waals surface area (Å²) < 4.78 is 12.8. The van der Waals surface area contributed by atoms with Crippen LogP contribution < -0.4 is 15.8 Å². The summed E-state index contributed by atoms with van der Waals surface area (Å²) in [5.74, 6) is 0. The van der Waals surface area contributed by atoms with Gasteiger partial charge in [0.2, 0.25) is 0 Å². The van der Waals surface area contributed by atoms with E-state index >= 15 is 0 Å². The molecule has 0 amide bonds. The Morgan fingerprint density at radius 3 is 1.64 bits per heavy atom. The molecule has 6 heterocycles. The Kier molecular flexibility index (Phi) is 8.74. The molecule has 2 aliphatic heterocycles. The smallest absolute Gasteiger partial charge is 0.333 e. The Balaban J connectivity index is 1.08. The number of fused-ring (bicyclic) bond motifs is 20. The van der Waals surface area contributed by atoms with Gasteiger partial charge in [0.25, 0.3) is 0 Å². The summed E-state index contributed by atoms with van der Waals surface area (Å²) in [6.45, 7) is 13.9. The predicted octanol–water partition coefficient (Wildman–Crippen LogP) is 19.5. The average Bonchev–Trinajstić information content (AvgIpc) is 2.30. The minimum absolute atomic E-state index is 0.122. The molecule has 4 aromatic heterocycles. The zero-order valence-electron chi connectivity index (χ0n) is 46.1. The van der Waals surface area contributed by atoms with Gasteiger partial charge in [-0.2, -0.15) is 0 Å². The molecule has 12 aromatic carbocycles. The van der Waals surface area contributed by atoms with Crippen LogP contribution in [0.4, 0.5) is 17.1 Å². The molecule has 16 aromatic rings. The molecule has 2 aliphatic rings. The maximum atomic E-state index is 7.43. The van der Waals surface area contributed by atoms with Crippen LogP contribution in [0.5, 0.6) is 0 Å². The van der Waals surface area contributed by atoms with Gasteiger partial charge in [-0.3, -0.25) is 0 Å². The van der Waals surface area contributed by atoms with E-state index in [4.69, 9.17) is 4.42 Å². The number of rotatable bonds is 3. The summed E-state index contributed by atoms with van der Waals surface area (Å²) in [5, 5.41) is 14.7. The van der Waals surface area contributed by atoms with Crippen molar-refractivity contribution in [2.45, 2.75) is 52.4 Å². The van der Waals surface area contributed by atoms with Crippen molar-refractivity contribution >= 4 is 138 Å². The van der Waals surface area contributed by atoms with Gasteiger partial charge in [0.05, 0.1) is 16.6 Å². The lowest BCUT2D eigenvalue weighted by molar-refractivity contribution is 0.569. The fraction of sp³-hybridized carbons (Fsp3) is 0.105. The van der Waals surface area contributed by atoms with E-state index in [-0.39, 0.29) is 17.7 Å². The molecule has 0 saturated carbocycles. The van der Waals surface area contributed by atoms with Crippen LogP contribution in [0.15, 0.2) is 223 Å². The fourth-order valence-electron chi connectivity index (χ4n) is 14.9. The summed E-state index contributed by atoms with van der Waals surface area (Å²) >= 11 is 0. The van der Waals surface area contributed by atoms with Crippen molar-refractivity contribution in [1.82, 2.24) is 8.88 Å². The van der Waals surface area contributed by atoms with Gasteiger partial charge in [-0.15, -0.1) is 0 Å². The second kappa shape index (κ2) is 15.6. The number of nitrogens with zero attached hydrogens (tertiary/aromatic N) is 3. The molecule has 5 heteroatoms. The quantitative estimate of drug-likeness (QED) is 0.165. The highest BCUT2D eigenvalue weighted by Crippen LogP contribution is 2.54. The van der Waals surface area contributed by atoms with Gasteiger partial charge in [-0.05, 0) is 143 Å². The summed E-state index contributed by atoms with van der Waals surface area (Å²) in [6, 6.07) is 82.9. The minimum Gasteiger partial charge on any atom is -0.455 e. The van der Waals surface area contributed by atoms with Crippen LogP contribution in [0.2, 0.25) is 0 Å². The van der Waals surface area contributed by atoms with E-state index in [0.717, 1.165) is 27.5 Å². The summed E-state index contributed by atoms with van der Waals surface area (Å²) in [4.78, 5) is 2.68. The van der Waals surface area contributed by atoms with Crippen LogP contribution in [0.25, 0.3) is 137 Å². The van der Waals surface area contributed by atoms with Crippen molar-refractivity contribution in [2.24, 2.45) is 0 Å². The van der Waals surface area contributed by atoms with Crippen LogP contribution in [0.3, 0.4) is 0 Å². The van der Waals surface area contributed by atoms with Crippen LogP contribution in [-0.2, 0) is 10.8 Å².